The van der Waals surface area contributed by atoms with Gasteiger partial charge in [-0.25, -0.2) is 0 Å². The Labute approximate surface area is 157 Å². The minimum Gasteiger partial charge on any atom is -0.497 e. The van der Waals surface area contributed by atoms with Crippen molar-refractivity contribution in [3.8, 4) is 22.8 Å². The Morgan fingerprint density at radius 1 is 1.07 bits per heavy atom. The van der Waals surface area contributed by atoms with Crippen LogP contribution in [0.2, 0.25) is 0 Å². The molecular weight excluding hydrogens is 342 g/mol. The summed E-state index contributed by atoms with van der Waals surface area (Å²) in [5.74, 6) is 1.32. The van der Waals surface area contributed by atoms with E-state index in [1.54, 1.807) is 29.9 Å². The van der Waals surface area contributed by atoms with E-state index in [2.05, 4.69) is 11.2 Å². The summed E-state index contributed by atoms with van der Waals surface area (Å²) in [7, 11) is 5.06. The lowest BCUT2D eigenvalue weighted by atomic mass is 10.1. The fraction of sp³-hybridized carbons (Fsp3) is 0.238. The van der Waals surface area contributed by atoms with E-state index in [0.717, 1.165) is 23.4 Å². The fourth-order valence-electron chi connectivity index (χ4n) is 3.53. The fourth-order valence-corrected chi connectivity index (χ4v) is 3.53. The molecule has 4 rings (SSSR count). The number of anilines is 1. The van der Waals surface area contributed by atoms with Gasteiger partial charge in [-0.15, -0.1) is 0 Å². The Morgan fingerprint density at radius 2 is 1.89 bits per heavy atom. The number of carbonyl (C=O) groups is 1. The number of aryl methyl sites for hydroxylation is 1. The van der Waals surface area contributed by atoms with Crippen LogP contribution in [0, 0.1) is 0 Å². The predicted molar refractivity (Wildman–Crippen MR) is 104 cm³/mol. The Morgan fingerprint density at radius 3 is 2.67 bits per heavy atom. The molecule has 1 aliphatic heterocycles. The van der Waals surface area contributed by atoms with Crippen LogP contribution in [0.3, 0.4) is 0 Å². The van der Waals surface area contributed by atoms with Crippen LogP contribution in [-0.2, 0) is 13.5 Å². The number of amides is 1. The van der Waals surface area contributed by atoms with Crippen LogP contribution in [0.15, 0.2) is 48.5 Å². The second-order valence-corrected chi connectivity index (χ2v) is 6.44. The molecule has 1 aromatic heterocycles. The van der Waals surface area contributed by atoms with Gasteiger partial charge >= 0.3 is 0 Å². The molecule has 27 heavy (non-hydrogen) atoms. The number of fused-ring (bicyclic) bond motifs is 1. The third kappa shape index (κ3) is 2.93. The molecule has 138 valence electrons. The van der Waals surface area contributed by atoms with Crippen molar-refractivity contribution >= 4 is 11.6 Å². The van der Waals surface area contributed by atoms with Gasteiger partial charge in [0.25, 0.3) is 5.91 Å². The Kier molecular flexibility index (Phi) is 4.32. The molecule has 0 spiro atoms. The molecule has 3 aromatic rings. The summed E-state index contributed by atoms with van der Waals surface area (Å²) in [5.41, 5.74) is 4.19. The van der Waals surface area contributed by atoms with Gasteiger partial charge in [0.15, 0.2) is 5.69 Å². The number of hydrogen-bond donors (Lipinski definition) is 0. The van der Waals surface area contributed by atoms with Crippen molar-refractivity contribution in [2.24, 2.45) is 7.05 Å². The lowest BCUT2D eigenvalue weighted by Crippen LogP contribution is -2.29. The van der Waals surface area contributed by atoms with Gasteiger partial charge in [0.05, 0.1) is 19.9 Å². The minimum absolute atomic E-state index is 0.0938. The van der Waals surface area contributed by atoms with Crippen LogP contribution in [0.4, 0.5) is 5.69 Å². The molecule has 0 bridgehead atoms. The summed E-state index contributed by atoms with van der Waals surface area (Å²) in [5, 5.41) is 4.46. The number of nitrogens with zero attached hydrogens (tertiary/aromatic N) is 3. The van der Waals surface area contributed by atoms with E-state index in [1.807, 2.05) is 43.4 Å². The third-order valence-corrected chi connectivity index (χ3v) is 4.91. The zero-order valence-electron chi connectivity index (χ0n) is 15.6. The molecule has 0 saturated carbocycles. The van der Waals surface area contributed by atoms with Gasteiger partial charge in [-0.3, -0.25) is 9.48 Å². The normalized spacial score (nSPS) is 12.8. The van der Waals surface area contributed by atoms with Crippen LogP contribution in [0.5, 0.6) is 11.5 Å². The maximum Gasteiger partial charge on any atom is 0.278 e. The maximum atomic E-state index is 13.1. The van der Waals surface area contributed by atoms with Gasteiger partial charge in [0.1, 0.15) is 11.5 Å². The van der Waals surface area contributed by atoms with E-state index in [-0.39, 0.29) is 5.91 Å². The first kappa shape index (κ1) is 17.1. The number of benzene rings is 2. The summed E-state index contributed by atoms with van der Waals surface area (Å²) in [6, 6.07) is 15.4. The first-order valence-electron chi connectivity index (χ1n) is 8.78. The first-order chi connectivity index (χ1) is 13.1. The van der Waals surface area contributed by atoms with Crippen LogP contribution >= 0.6 is 0 Å². The highest BCUT2D eigenvalue weighted by Crippen LogP contribution is 2.34. The third-order valence-electron chi connectivity index (χ3n) is 4.91. The largest absolute Gasteiger partial charge is 0.497 e. The van der Waals surface area contributed by atoms with Crippen molar-refractivity contribution in [1.82, 2.24) is 9.78 Å². The second kappa shape index (κ2) is 6.79. The summed E-state index contributed by atoms with van der Waals surface area (Å²) in [6.45, 7) is 0.673. The van der Waals surface area contributed by atoms with E-state index >= 15 is 0 Å². The van der Waals surface area contributed by atoms with E-state index in [9.17, 15) is 4.79 Å². The molecular formula is C21H21N3O3. The summed E-state index contributed by atoms with van der Waals surface area (Å²) < 4.78 is 12.5. The van der Waals surface area contributed by atoms with Crippen molar-refractivity contribution in [2.45, 2.75) is 6.42 Å². The number of methoxy groups -OCH3 is 2. The lowest BCUT2D eigenvalue weighted by molar-refractivity contribution is 0.0984. The summed E-state index contributed by atoms with van der Waals surface area (Å²) in [6.07, 6.45) is 0.866. The van der Waals surface area contributed by atoms with Crippen molar-refractivity contribution < 1.29 is 14.3 Å². The van der Waals surface area contributed by atoms with Crippen molar-refractivity contribution in [1.29, 1.82) is 0 Å². The molecule has 2 aromatic carbocycles. The standard InChI is InChI=1S/C21H21N3O3/c1-23-19(16-12-15(26-2)8-9-20(16)27-3)13-17(22-23)21(25)24-11-10-14-6-4-5-7-18(14)24/h4-9,12-13H,10-11H2,1-3H3. The monoisotopic (exact) mass is 363 g/mol. The summed E-state index contributed by atoms with van der Waals surface area (Å²) in [4.78, 5) is 14.9. The minimum atomic E-state index is -0.0938. The molecule has 0 N–H and O–H groups in total. The maximum absolute atomic E-state index is 13.1. The van der Waals surface area contributed by atoms with Crippen molar-refractivity contribution in [3.05, 3.63) is 59.8 Å². The second-order valence-electron chi connectivity index (χ2n) is 6.44. The Bertz CT molecular complexity index is 1010. The molecule has 0 radical (unpaired) electrons. The zero-order chi connectivity index (χ0) is 19.0. The smallest absolute Gasteiger partial charge is 0.278 e. The van der Waals surface area contributed by atoms with E-state index in [0.29, 0.717) is 23.7 Å². The molecule has 0 unspecified atom stereocenters. The quantitative estimate of drug-likeness (QED) is 0.714. The average Bonchev–Trinajstić information content (AvgIpc) is 3.30. The average molecular weight is 363 g/mol. The molecule has 2 heterocycles. The van der Waals surface area contributed by atoms with Crippen molar-refractivity contribution in [3.63, 3.8) is 0 Å². The highest BCUT2D eigenvalue weighted by Gasteiger charge is 2.27. The van der Waals surface area contributed by atoms with Gasteiger partial charge in [-0.2, -0.15) is 5.10 Å². The predicted octanol–water partition coefficient (Wildman–Crippen LogP) is 3.31. The molecule has 6 heteroatoms. The van der Waals surface area contributed by atoms with Crippen LogP contribution < -0.4 is 14.4 Å². The molecule has 0 atom stereocenters. The molecule has 0 aliphatic carbocycles. The SMILES string of the molecule is COc1ccc(OC)c(-c2cc(C(=O)N3CCc4ccccc43)nn2C)c1. The Hall–Kier alpha value is -3.28. The van der Waals surface area contributed by atoms with Crippen LogP contribution in [-0.4, -0.2) is 36.5 Å². The lowest BCUT2D eigenvalue weighted by Gasteiger charge is -2.15. The molecule has 0 saturated heterocycles. The summed E-state index contributed by atoms with van der Waals surface area (Å²) >= 11 is 0. The highest BCUT2D eigenvalue weighted by molar-refractivity contribution is 6.06. The van der Waals surface area contributed by atoms with Crippen LogP contribution in [0.1, 0.15) is 16.1 Å². The number of carbonyl (C=O) groups excluding carboxylic acids is 1. The zero-order valence-corrected chi connectivity index (χ0v) is 15.6. The van der Waals surface area contributed by atoms with Gasteiger partial charge < -0.3 is 14.4 Å². The molecule has 1 aliphatic rings. The van der Waals surface area contributed by atoms with Gasteiger partial charge in [0.2, 0.25) is 0 Å². The van der Waals surface area contributed by atoms with Gasteiger partial charge in [-0.05, 0) is 42.3 Å². The van der Waals surface area contributed by atoms with Gasteiger partial charge in [-0.1, -0.05) is 18.2 Å². The van der Waals surface area contributed by atoms with E-state index < -0.39 is 0 Å². The number of rotatable bonds is 4. The van der Waals surface area contributed by atoms with E-state index in [4.69, 9.17) is 9.47 Å². The van der Waals surface area contributed by atoms with E-state index in [1.165, 1.54) is 5.56 Å². The molecule has 0 fully saturated rings. The topological polar surface area (TPSA) is 56.6 Å². The first-order valence-corrected chi connectivity index (χ1v) is 8.78. The highest BCUT2D eigenvalue weighted by atomic mass is 16.5. The number of para-hydroxylation sites is 1. The van der Waals surface area contributed by atoms with Crippen molar-refractivity contribution in [2.75, 3.05) is 25.7 Å². The van der Waals surface area contributed by atoms with Crippen LogP contribution in [0.25, 0.3) is 11.3 Å². The molecule has 1 amide bonds. The number of hydrogen-bond acceptors (Lipinski definition) is 4. The number of aromatic nitrogens is 2. The van der Waals surface area contributed by atoms with Gasteiger partial charge in [0, 0.05) is 24.8 Å². The Balaban J connectivity index is 1.72. The molecule has 6 nitrogen and oxygen atoms in total. The number of ether oxygens (including phenoxy) is 2.